The lowest BCUT2D eigenvalue weighted by Crippen LogP contribution is -1.97. The molecule has 0 spiro atoms. The molecule has 0 atom stereocenters. The maximum Gasteiger partial charge on any atom is 0.163 e. The number of hydrogen-bond donors (Lipinski definition) is 0. The molecule has 0 unspecified atom stereocenters. The molecular weight excluding hydrogens is 282 g/mol. The molecule has 2 rings (SSSR count). The van der Waals surface area contributed by atoms with E-state index >= 15 is 0 Å². The molecule has 1 heterocycles. The molecule has 1 aromatic heterocycles. The highest BCUT2D eigenvalue weighted by Crippen LogP contribution is 2.28. The Balaban J connectivity index is 2.37. The van der Waals surface area contributed by atoms with Crippen LogP contribution in [-0.2, 0) is 0 Å². The normalized spacial score (nSPS) is 10.0. The van der Waals surface area contributed by atoms with Crippen molar-refractivity contribution in [1.29, 1.82) is 0 Å². The highest BCUT2D eigenvalue weighted by atomic mass is 79.9. The minimum absolute atomic E-state index is 0.0311. The lowest BCUT2D eigenvalue weighted by Gasteiger charge is -2.09. The summed E-state index contributed by atoms with van der Waals surface area (Å²) in [6.07, 6.45) is 3.27. The Labute approximate surface area is 108 Å². The van der Waals surface area contributed by atoms with E-state index in [0.29, 0.717) is 17.1 Å². The van der Waals surface area contributed by atoms with E-state index in [4.69, 9.17) is 4.74 Å². The van der Waals surface area contributed by atoms with Crippen LogP contribution >= 0.6 is 15.9 Å². The Hall–Kier alpha value is -1.68. The molecule has 3 nitrogen and oxygen atoms in total. The summed E-state index contributed by atoms with van der Waals surface area (Å²) in [5.74, 6) is 1.10. The van der Waals surface area contributed by atoms with Gasteiger partial charge in [0.1, 0.15) is 11.5 Å². The molecule has 1 aromatic carbocycles. The van der Waals surface area contributed by atoms with E-state index in [1.807, 2.05) is 6.07 Å². The van der Waals surface area contributed by atoms with E-state index in [2.05, 4.69) is 20.9 Å². The number of carbonyl (C=O) groups is 1. The summed E-state index contributed by atoms with van der Waals surface area (Å²) in [5, 5.41) is 0. The number of aromatic nitrogens is 1. The number of nitrogens with zero attached hydrogens (tertiary/aromatic N) is 1. The van der Waals surface area contributed by atoms with E-state index < -0.39 is 0 Å². The first kappa shape index (κ1) is 11.8. The van der Waals surface area contributed by atoms with Crippen LogP contribution in [0.15, 0.2) is 47.2 Å². The Morgan fingerprint density at radius 2 is 2.18 bits per heavy atom. The van der Waals surface area contributed by atoms with Crippen molar-refractivity contribution < 1.29 is 9.53 Å². The Morgan fingerprint density at radius 1 is 1.35 bits per heavy atom. The number of rotatable bonds is 3. The quantitative estimate of drug-likeness (QED) is 0.807. The van der Waals surface area contributed by atoms with Gasteiger partial charge < -0.3 is 4.74 Å². The van der Waals surface area contributed by atoms with Gasteiger partial charge in [0.15, 0.2) is 5.78 Å². The van der Waals surface area contributed by atoms with Crippen LogP contribution in [0, 0.1) is 0 Å². The van der Waals surface area contributed by atoms with Gasteiger partial charge in [0.2, 0.25) is 0 Å². The van der Waals surface area contributed by atoms with Crippen molar-refractivity contribution in [3.63, 3.8) is 0 Å². The number of hydrogen-bond acceptors (Lipinski definition) is 3. The van der Waals surface area contributed by atoms with Gasteiger partial charge in [0.25, 0.3) is 0 Å². The van der Waals surface area contributed by atoms with Crippen molar-refractivity contribution >= 4 is 21.7 Å². The van der Waals surface area contributed by atoms with Crippen LogP contribution in [0.25, 0.3) is 0 Å². The summed E-state index contributed by atoms with van der Waals surface area (Å²) in [7, 11) is 0. The molecule has 0 amide bonds. The Bertz CT molecular complexity index is 540. The van der Waals surface area contributed by atoms with Crippen molar-refractivity contribution in [3.05, 3.63) is 52.8 Å². The Kier molecular flexibility index (Phi) is 3.54. The van der Waals surface area contributed by atoms with Crippen molar-refractivity contribution in [2.75, 3.05) is 0 Å². The zero-order chi connectivity index (χ0) is 12.3. The molecule has 86 valence electrons. The van der Waals surface area contributed by atoms with Crippen molar-refractivity contribution in [1.82, 2.24) is 4.98 Å². The van der Waals surface area contributed by atoms with Gasteiger partial charge in [-0.15, -0.1) is 0 Å². The average Bonchev–Trinajstić information content (AvgIpc) is 2.30. The predicted octanol–water partition coefficient (Wildman–Crippen LogP) is 3.84. The number of benzene rings is 1. The minimum Gasteiger partial charge on any atom is -0.455 e. The fourth-order valence-electron chi connectivity index (χ4n) is 1.41. The summed E-state index contributed by atoms with van der Waals surface area (Å²) >= 11 is 3.35. The van der Waals surface area contributed by atoms with E-state index in [0.717, 1.165) is 4.47 Å². The number of pyridine rings is 1. The van der Waals surface area contributed by atoms with Crippen LogP contribution < -0.4 is 4.74 Å². The molecule has 0 saturated carbocycles. The van der Waals surface area contributed by atoms with Gasteiger partial charge in [0.05, 0.1) is 11.8 Å². The second-order valence-corrected chi connectivity index (χ2v) is 4.40. The lowest BCUT2D eigenvalue weighted by atomic mass is 10.1. The monoisotopic (exact) mass is 291 g/mol. The second-order valence-electron chi connectivity index (χ2n) is 3.49. The third-order valence-corrected chi connectivity index (χ3v) is 2.68. The molecule has 0 fully saturated rings. The van der Waals surface area contributed by atoms with Gasteiger partial charge in [-0.05, 0) is 37.3 Å². The maximum atomic E-state index is 11.5. The second kappa shape index (κ2) is 5.10. The van der Waals surface area contributed by atoms with Crippen LogP contribution in [0.5, 0.6) is 11.5 Å². The number of carbonyl (C=O) groups excluding carboxylic acids is 1. The largest absolute Gasteiger partial charge is 0.455 e. The van der Waals surface area contributed by atoms with Crippen molar-refractivity contribution in [2.24, 2.45) is 0 Å². The SMILES string of the molecule is CC(=O)c1ccc(Br)cc1Oc1cccnc1. The third kappa shape index (κ3) is 2.91. The topological polar surface area (TPSA) is 39.2 Å². The van der Waals surface area contributed by atoms with Gasteiger partial charge in [0, 0.05) is 10.7 Å². The lowest BCUT2D eigenvalue weighted by molar-refractivity contribution is 0.101. The highest BCUT2D eigenvalue weighted by Gasteiger charge is 2.09. The molecule has 17 heavy (non-hydrogen) atoms. The van der Waals surface area contributed by atoms with E-state index in [9.17, 15) is 4.79 Å². The average molecular weight is 292 g/mol. The Morgan fingerprint density at radius 3 is 2.82 bits per heavy atom. The molecule has 0 aliphatic carbocycles. The number of ether oxygens (including phenoxy) is 1. The smallest absolute Gasteiger partial charge is 0.163 e. The van der Waals surface area contributed by atoms with E-state index in [-0.39, 0.29) is 5.78 Å². The summed E-state index contributed by atoms with van der Waals surface area (Å²) in [5.41, 5.74) is 0.553. The molecule has 0 N–H and O–H groups in total. The van der Waals surface area contributed by atoms with Crippen LogP contribution in [-0.4, -0.2) is 10.8 Å². The number of halogens is 1. The summed E-state index contributed by atoms with van der Waals surface area (Å²) in [4.78, 5) is 15.4. The van der Waals surface area contributed by atoms with Crippen LogP contribution in [0.1, 0.15) is 17.3 Å². The third-order valence-electron chi connectivity index (χ3n) is 2.19. The van der Waals surface area contributed by atoms with Gasteiger partial charge in [-0.25, -0.2) is 0 Å². The first-order valence-electron chi connectivity index (χ1n) is 5.05. The molecule has 2 aromatic rings. The van der Waals surface area contributed by atoms with Gasteiger partial charge in [-0.2, -0.15) is 0 Å². The summed E-state index contributed by atoms with van der Waals surface area (Å²) < 4.78 is 6.50. The first-order chi connectivity index (χ1) is 8.16. The summed E-state index contributed by atoms with van der Waals surface area (Å²) in [6, 6.07) is 8.88. The molecule has 4 heteroatoms. The van der Waals surface area contributed by atoms with Gasteiger partial charge >= 0.3 is 0 Å². The molecule has 0 saturated heterocycles. The summed E-state index contributed by atoms with van der Waals surface area (Å²) in [6.45, 7) is 1.51. The predicted molar refractivity (Wildman–Crippen MR) is 68.5 cm³/mol. The van der Waals surface area contributed by atoms with E-state index in [1.54, 1.807) is 36.7 Å². The van der Waals surface area contributed by atoms with Crippen LogP contribution in [0.4, 0.5) is 0 Å². The number of Topliss-reactive ketones (excluding diaryl/α,β-unsaturated/α-hetero) is 1. The molecular formula is C13H10BrNO2. The standard InChI is InChI=1S/C13H10BrNO2/c1-9(16)12-5-4-10(14)7-13(12)17-11-3-2-6-15-8-11/h2-8H,1H3. The van der Waals surface area contributed by atoms with E-state index in [1.165, 1.54) is 6.92 Å². The van der Waals surface area contributed by atoms with Crippen molar-refractivity contribution in [3.8, 4) is 11.5 Å². The van der Waals surface area contributed by atoms with Crippen molar-refractivity contribution in [2.45, 2.75) is 6.92 Å². The van der Waals surface area contributed by atoms with Gasteiger partial charge in [-0.1, -0.05) is 15.9 Å². The zero-order valence-electron chi connectivity index (χ0n) is 9.18. The molecule has 0 radical (unpaired) electrons. The molecule has 0 aliphatic heterocycles. The zero-order valence-corrected chi connectivity index (χ0v) is 10.8. The fraction of sp³-hybridized carbons (Fsp3) is 0.0769. The molecule has 0 bridgehead atoms. The highest BCUT2D eigenvalue weighted by molar-refractivity contribution is 9.10. The van der Waals surface area contributed by atoms with Gasteiger partial charge in [-0.3, -0.25) is 9.78 Å². The fourth-order valence-corrected chi connectivity index (χ4v) is 1.75. The number of ketones is 1. The first-order valence-corrected chi connectivity index (χ1v) is 5.84. The van der Waals surface area contributed by atoms with Crippen LogP contribution in [0.3, 0.4) is 0 Å². The molecule has 0 aliphatic rings. The maximum absolute atomic E-state index is 11.5. The minimum atomic E-state index is -0.0311. The van der Waals surface area contributed by atoms with Crippen LogP contribution in [0.2, 0.25) is 0 Å².